The summed E-state index contributed by atoms with van der Waals surface area (Å²) in [5.41, 5.74) is 10.6. The highest BCUT2D eigenvalue weighted by Gasteiger charge is 2.17. The summed E-state index contributed by atoms with van der Waals surface area (Å²) in [6, 6.07) is 17.8. The molecule has 0 N–H and O–H groups in total. The molecule has 1 aromatic heterocycles. The summed E-state index contributed by atoms with van der Waals surface area (Å²) in [7, 11) is 2.17. The van der Waals surface area contributed by atoms with Gasteiger partial charge in [-0.15, -0.1) is 0 Å². The number of nitrogens with zero attached hydrogens (tertiary/aromatic N) is 1. The van der Waals surface area contributed by atoms with Crippen molar-refractivity contribution in [2.24, 2.45) is 13.0 Å². The molecule has 3 aromatic rings. The van der Waals surface area contributed by atoms with Gasteiger partial charge >= 0.3 is 0 Å². The van der Waals surface area contributed by atoms with E-state index in [1.54, 1.807) is 0 Å². The first-order valence-corrected chi connectivity index (χ1v) is 9.53. The minimum atomic E-state index is 0.672. The van der Waals surface area contributed by atoms with E-state index in [1.807, 2.05) is 0 Å². The van der Waals surface area contributed by atoms with E-state index in [4.69, 9.17) is 0 Å². The van der Waals surface area contributed by atoms with Gasteiger partial charge in [0.15, 0.2) is 6.20 Å². The summed E-state index contributed by atoms with van der Waals surface area (Å²) in [5.74, 6) is 0.672. The van der Waals surface area contributed by atoms with Crippen LogP contribution in [0.4, 0.5) is 0 Å². The van der Waals surface area contributed by atoms with E-state index >= 15 is 0 Å². The zero-order chi connectivity index (χ0) is 18.8. The Bertz CT molecular complexity index is 935. The van der Waals surface area contributed by atoms with E-state index in [2.05, 4.69) is 101 Å². The molecule has 0 saturated heterocycles. The van der Waals surface area contributed by atoms with E-state index in [0.29, 0.717) is 5.92 Å². The summed E-state index contributed by atoms with van der Waals surface area (Å²) in [6.07, 6.45) is 3.44. The van der Waals surface area contributed by atoms with Crippen LogP contribution in [0.5, 0.6) is 0 Å². The third-order valence-electron chi connectivity index (χ3n) is 5.19. The Morgan fingerprint density at radius 1 is 0.808 bits per heavy atom. The average molecular weight is 345 g/mol. The van der Waals surface area contributed by atoms with Gasteiger partial charge in [-0.3, -0.25) is 0 Å². The van der Waals surface area contributed by atoms with Gasteiger partial charge in [-0.05, 0) is 67.0 Å². The van der Waals surface area contributed by atoms with E-state index in [9.17, 15) is 0 Å². The quantitative estimate of drug-likeness (QED) is 0.513. The van der Waals surface area contributed by atoms with Crippen LogP contribution in [0.15, 0.2) is 54.7 Å². The van der Waals surface area contributed by atoms with Crippen molar-refractivity contribution in [3.05, 3.63) is 77.0 Å². The Morgan fingerprint density at radius 3 is 2.19 bits per heavy atom. The Morgan fingerprint density at radius 2 is 1.50 bits per heavy atom. The Kier molecular flexibility index (Phi) is 5.27. The van der Waals surface area contributed by atoms with Crippen molar-refractivity contribution in [3.8, 4) is 22.4 Å². The molecule has 1 heteroatoms. The first kappa shape index (κ1) is 18.4. The minimum absolute atomic E-state index is 0.672. The van der Waals surface area contributed by atoms with E-state index < -0.39 is 0 Å². The van der Waals surface area contributed by atoms with Gasteiger partial charge in [0.25, 0.3) is 0 Å². The zero-order valence-electron chi connectivity index (χ0n) is 16.9. The van der Waals surface area contributed by atoms with Crippen LogP contribution < -0.4 is 4.57 Å². The Balaban J connectivity index is 2.11. The predicted octanol–water partition coefficient (Wildman–Crippen LogP) is 5.97. The molecule has 2 aromatic carbocycles. The Hall–Kier alpha value is -2.41. The van der Waals surface area contributed by atoms with Crippen molar-refractivity contribution in [2.75, 3.05) is 0 Å². The number of pyridine rings is 1. The molecule has 0 aliphatic rings. The summed E-state index contributed by atoms with van der Waals surface area (Å²) in [5, 5.41) is 0. The number of benzene rings is 2. The summed E-state index contributed by atoms with van der Waals surface area (Å²) < 4.78 is 2.29. The van der Waals surface area contributed by atoms with Gasteiger partial charge in [-0.25, -0.2) is 4.57 Å². The van der Waals surface area contributed by atoms with Gasteiger partial charge in [-0.2, -0.15) is 0 Å². The maximum atomic E-state index is 2.35. The van der Waals surface area contributed by atoms with Crippen molar-refractivity contribution >= 4 is 0 Å². The lowest BCUT2D eigenvalue weighted by molar-refractivity contribution is -0.660. The lowest BCUT2D eigenvalue weighted by Crippen LogP contribution is -2.32. The number of rotatable bonds is 4. The molecule has 0 radical (unpaired) electrons. The fourth-order valence-corrected chi connectivity index (χ4v) is 3.69. The summed E-state index contributed by atoms with van der Waals surface area (Å²) in [6.45, 7) is 11.2. The molecule has 0 aliphatic carbocycles. The molecule has 0 bridgehead atoms. The summed E-state index contributed by atoms with van der Waals surface area (Å²) >= 11 is 0. The molecule has 0 unspecified atom stereocenters. The molecule has 3 rings (SSSR count). The second kappa shape index (κ2) is 7.45. The van der Waals surface area contributed by atoms with Crippen molar-refractivity contribution in [1.82, 2.24) is 0 Å². The molecule has 0 saturated carbocycles. The topological polar surface area (TPSA) is 3.88 Å². The van der Waals surface area contributed by atoms with Gasteiger partial charge in [0, 0.05) is 17.2 Å². The third-order valence-corrected chi connectivity index (χ3v) is 5.19. The van der Waals surface area contributed by atoms with Crippen molar-refractivity contribution in [2.45, 2.75) is 41.0 Å². The van der Waals surface area contributed by atoms with Gasteiger partial charge in [0.2, 0.25) is 5.69 Å². The number of aryl methyl sites for hydroxylation is 4. The fraction of sp³-hybridized carbons (Fsp3) is 0.320. The van der Waals surface area contributed by atoms with Crippen LogP contribution in [0.3, 0.4) is 0 Å². The minimum Gasteiger partial charge on any atom is -0.201 e. The van der Waals surface area contributed by atoms with Gasteiger partial charge in [0.05, 0.1) is 0 Å². The van der Waals surface area contributed by atoms with Crippen LogP contribution in [-0.4, -0.2) is 0 Å². The monoisotopic (exact) mass is 344 g/mol. The van der Waals surface area contributed by atoms with Crippen LogP contribution in [0.2, 0.25) is 0 Å². The maximum absolute atomic E-state index is 2.35. The molecular weight excluding hydrogens is 314 g/mol. The lowest BCUT2D eigenvalue weighted by Gasteiger charge is -2.13. The molecule has 0 atom stereocenters. The molecule has 26 heavy (non-hydrogen) atoms. The van der Waals surface area contributed by atoms with Crippen molar-refractivity contribution in [3.63, 3.8) is 0 Å². The lowest BCUT2D eigenvalue weighted by atomic mass is 9.93. The number of hydrogen-bond donors (Lipinski definition) is 0. The molecule has 1 heterocycles. The fourth-order valence-electron chi connectivity index (χ4n) is 3.69. The second-order valence-corrected chi connectivity index (χ2v) is 7.92. The van der Waals surface area contributed by atoms with Crippen molar-refractivity contribution < 1.29 is 4.57 Å². The smallest absolute Gasteiger partial charge is 0.201 e. The average Bonchev–Trinajstić information content (AvgIpc) is 2.59. The van der Waals surface area contributed by atoms with Gasteiger partial charge in [-0.1, -0.05) is 50.2 Å². The second-order valence-electron chi connectivity index (χ2n) is 7.92. The molecule has 0 amide bonds. The highest BCUT2D eigenvalue weighted by molar-refractivity contribution is 5.74. The molecule has 0 spiro atoms. The van der Waals surface area contributed by atoms with Crippen molar-refractivity contribution in [1.29, 1.82) is 0 Å². The molecule has 1 nitrogen and oxygen atoms in total. The van der Waals surface area contributed by atoms with Crippen LogP contribution in [0.1, 0.15) is 36.1 Å². The van der Waals surface area contributed by atoms with E-state index in [0.717, 1.165) is 6.42 Å². The molecule has 134 valence electrons. The highest BCUT2D eigenvalue weighted by Crippen LogP contribution is 2.30. The first-order chi connectivity index (χ1) is 12.4. The largest absolute Gasteiger partial charge is 0.212 e. The van der Waals surface area contributed by atoms with Gasteiger partial charge in [0.1, 0.15) is 7.05 Å². The number of hydrogen-bond acceptors (Lipinski definition) is 0. The first-order valence-electron chi connectivity index (χ1n) is 9.53. The maximum Gasteiger partial charge on any atom is 0.212 e. The predicted molar refractivity (Wildman–Crippen MR) is 111 cm³/mol. The van der Waals surface area contributed by atoms with Gasteiger partial charge < -0.3 is 0 Å². The highest BCUT2D eigenvalue weighted by atomic mass is 14.9. The number of aromatic nitrogens is 1. The normalized spacial score (nSPS) is 11.2. The van der Waals surface area contributed by atoms with Crippen LogP contribution in [-0.2, 0) is 13.5 Å². The SMILES string of the molecule is Cc1cc(-c2cc(-c3ccccc3C)ccc2C)[n+](C)cc1CC(C)C. The van der Waals surface area contributed by atoms with E-state index in [1.165, 1.54) is 44.6 Å². The third kappa shape index (κ3) is 3.72. The molecular formula is C25H30N+. The van der Waals surface area contributed by atoms with Crippen LogP contribution in [0, 0.1) is 26.7 Å². The summed E-state index contributed by atoms with van der Waals surface area (Å²) in [4.78, 5) is 0. The standard InChI is InChI=1S/C25H30N/c1-17(2)13-22-16-26(6)25(14-20(22)5)24-15-21(12-11-19(24)4)23-10-8-7-9-18(23)3/h7-12,14-17H,13H2,1-6H3/q+1. The van der Waals surface area contributed by atoms with Crippen LogP contribution >= 0.6 is 0 Å². The molecule has 0 aliphatic heterocycles. The Labute approximate surface area is 158 Å². The van der Waals surface area contributed by atoms with E-state index in [-0.39, 0.29) is 0 Å². The van der Waals surface area contributed by atoms with Crippen LogP contribution in [0.25, 0.3) is 22.4 Å². The zero-order valence-corrected chi connectivity index (χ0v) is 16.9. The molecule has 0 fully saturated rings.